The van der Waals surface area contributed by atoms with Crippen LogP contribution in [-0.4, -0.2) is 86.9 Å². The van der Waals surface area contributed by atoms with Crippen molar-refractivity contribution in [1.29, 1.82) is 0 Å². The Kier molecular flexibility index (Phi) is 6.54. The lowest BCUT2D eigenvalue weighted by Crippen LogP contribution is -2.59. The largest absolute Gasteiger partial charge is 0.507 e. The maximum atomic E-state index is 12.9. The van der Waals surface area contributed by atoms with Gasteiger partial charge in [-0.25, -0.2) is 0 Å². The van der Waals surface area contributed by atoms with Crippen molar-refractivity contribution in [3.8, 4) is 5.75 Å². The summed E-state index contributed by atoms with van der Waals surface area (Å²) >= 11 is 0. The summed E-state index contributed by atoms with van der Waals surface area (Å²) in [6.07, 6.45) is -6.23. The predicted molar refractivity (Wildman–Crippen MR) is 104 cm³/mol. The van der Waals surface area contributed by atoms with E-state index >= 15 is 0 Å². The van der Waals surface area contributed by atoms with Crippen LogP contribution in [0, 0.1) is 19.3 Å². The van der Waals surface area contributed by atoms with E-state index in [0.717, 1.165) is 0 Å². The zero-order valence-electron chi connectivity index (χ0n) is 17.3. The SMILES string of the molecule is Cc1c(O)c2c(c(C)c1CCOC1OC(CO)C(O)C(O)C1O)C(=O)[C@](C)(CO)C2. The molecular formula is C21H30O9. The lowest BCUT2D eigenvalue weighted by Gasteiger charge is -2.39. The summed E-state index contributed by atoms with van der Waals surface area (Å²) in [6.45, 7) is 4.38. The molecule has 168 valence electrons. The molecule has 0 radical (unpaired) electrons. The van der Waals surface area contributed by atoms with Gasteiger partial charge in [-0.2, -0.15) is 0 Å². The van der Waals surface area contributed by atoms with Crippen LogP contribution in [0.3, 0.4) is 0 Å². The Balaban J connectivity index is 1.78. The van der Waals surface area contributed by atoms with E-state index in [1.807, 2.05) is 0 Å². The first-order valence-corrected chi connectivity index (χ1v) is 9.99. The van der Waals surface area contributed by atoms with E-state index in [1.165, 1.54) is 0 Å². The van der Waals surface area contributed by atoms with Crippen molar-refractivity contribution >= 4 is 5.78 Å². The molecular weight excluding hydrogens is 396 g/mol. The Labute approximate surface area is 174 Å². The number of ether oxygens (including phenoxy) is 2. The number of carbonyl (C=O) groups excluding carboxylic acids is 1. The van der Waals surface area contributed by atoms with Crippen molar-refractivity contribution in [3.05, 3.63) is 27.8 Å². The highest BCUT2D eigenvalue weighted by Crippen LogP contribution is 2.45. The molecule has 3 rings (SSSR count). The number of Topliss-reactive ketones (excluding diaryl/α,β-unsaturated/α-hetero) is 1. The molecule has 1 saturated heterocycles. The quantitative estimate of drug-likeness (QED) is 0.339. The van der Waals surface area contributed by atoms with Gasteiger partial charge in [0.25, 0.3) is 0 Å². The van der Waals surface area contributed by atoms with Crippen LogP contribution in [0.1, 0.15) is 39.5 Å². The predicted octanol–water partition coefficient (Wildman–Crippen LogP) is -0.895. The Morgan fingerprint density at radius 2 is 1.77 bits per heavy atom. The van der Waals surface area contributed by atoms with Crippen molar-refractivity contribution in [2.45, 2.75) is 64.3 Å². The van der Waals surface area contributed by atoms with Gasteiger partial charge in [0, 0.05) is 11.1 Å². The van der Waals surface area contributed by atoms with E-state index in [9.17, 15) is 35.4 Å². The van der Waals surface area contributed by atoms with Gasteiger partial charge in [0.2, 0.25) is 0 Å². The molecule has 0 bridgehead atoms. The first-order valence-electron chi connectivity index (χ1n) is 9.99. The molecule has 1 aromatic carbocycles. The summed E-state index contributed by atoms with van der Waals surface area (Å²) in [6, 6.07) is 0. The van der Waals surface area contributed by atoms with Crippen molar-refractivity contribution < 1.29 is 44.9 Å². The summed E-state index contributed by atoms with van der Waals surface area (Å²) in [5.41, 5.74) is 2.05. The van der Waals surface area contributed by atoms with Gasteiger partial charge in [-0.3, -0.25) is 4.79 Å². The van der Waals surface area contributed by atoms with Crippen molar-refractivity contribution in [2.24, 2.45) is 5.41 Å². The minimum atomic E-state index is -1.53. The number of aliphatic hydroxyl groups is 5. The van der Waals surface area contributed by atoms with Crippen LogP contribution in [0.4, 0.5) is 0 Å². The third-order valence-corrected chi connectivity index (χ3v) is 6.40. The van der Waals surface area contributed by atoms with Gasteiger partial charge >= 0.3 is 0 Å². The third kappa shape index (κ3) is 3.64. The summed E-state index contributed by atoms with van der Waals surface area (Å²) < 4.78 is 10.9. The molecule has 1 aliphatic heterocycles. The van der Waals surface area contributed by atoms with Crippen LogP contribution in [0.15, 0.2) is 0 Å². The van der Waals surface area contributed by atoms with E-state index in [4.69, 9.17) is 9.47 Å². The Morgan fingerprint density at radius 3 is 2.37 bits per heavy atom. The van der Waals surface area contributed by atoms with Gasteiger partial charge in [0.05, 0.1) is 25.2 Å². The van der Waals surface area contributed by atoms with Gasteiger partial charge in [0.1, 0.15) is 30.2 Å². The number of aromatic hydroxyl groups is 1. The molecule has 2 aliphatic rings. The Hall–Kier alpha value is -1.59. The first kappa shape index (κ1) is 23.1. The van der Waals surface area contributed by atoms with Crippen LogP contribution in [0.25, 0.3) is 0 Å². The fraction of sp³-hybridized carbons (Fsp3) is 0.667. The Bertz CT molecular complexity index is 821. The zero-order valence-corrected chi connectivity index (χ0v) is 17.3. The number of hydrogen-bond acceptors (Lipinski definition) is 9. The normalized spacial score (nSPS) is 33.7. The zero-order chi connectivity index (χ0) is 22.4. The highest BCUT2D eigenvalue weighted by Gasteiger charge is 2.45. The number of phenolic OH excluding ortho intramolecular Hbond substituents is 1. The van der Waals surface area contributed by atoms with Crippen molar-refractivity contribution in [3.63, 3.8) is 0 Å². The molecule has 0 spiro atoms. The standard InChI is InChI=1S/C21H30O9/c1-9-11(4-5-29-20-18(27)17(26)16(25)13(7-22)30-20)10(2)15(24)12-6-21(3,8-23)19(28)14(9)12/h13,16-18,20,22-27H,4-8H2,1-3H3/t13?,16?,17?,18?,20?,21-/m0/s1. The number of benzene rings is 1. The number of ketones is 1. The Morgan fingerprint density at radius 1 is 1.10 bits per heavy atom. The molecule has 6 atom stereocenters. The molecule has 0 aromatic heterocycles. The third-order valence-electron chi connectivity index (χ3n) is 6.40. The lowest BCUT2D eigenvalue weighted by atomic mass is 9.86. The summed E-state index contributed by atoms with van der Waals surface area (Å²) in [5.74, 6) is -0.173. The number of rotatable bonds is 6. The average Bonchev–Trinajstić information content (AvgIpc) is 3.00. The minimum absolute atomic E-state index is 0.0314. The van der Waals surface area contributed by atoms with Crippen molar-refractivity contribution in [2.75, 3.05) is 19.8 Å². The van der Waals surface area contributed by atoms with E-state index in [-0.39, 0.29) is 37.6 Å². The van der Waals surface area contributed by atoms with E-state index in [2.05, 4.69) is 0 Å². The minimum Gasteiger partial charge on any atom is -0.507 e. The second-order valence-electron chi connectivity index (χ2n) is 8.47. The van der Waals surface area contributed by atoms with Crippen LogP contribution < -0.4 is 0 Å². The lowest BCUT2D eigenvalue weighted by molar-refractivity contribution is -0.300. The van der Waals surface area contributed by atoms with Crippen LogP contribution in [-0.2, 0) is 22.3 Å². The van der Waals surface area contributed by atoms with Gasteiger partial charge < -0.3 is 40.1 Å². The van der Waals surface area contributed by atoms with Gasteiger partial charge in [0.15, 0.2) is 12.1 Å². The second kappa shape index (κ2) is 8.51. The van der Waals surface area contributed by atoms with Gasteiger partial charge in [-0.15, -0.1) is 0 Å². The number of carbonyl (C=O) groups is 1. The van der Waals surface area contributed by atoms with Gasteiger partial charge in [-0.1, -0.05) is 0 Å². The van der Waals surface area contributed by atoms with Crippen LogP contribution in [0.5, 0.6) is 5.75 Å². The van der Waals surface area contributed by atoms with E-state index in [0.29, 0.717) is 27.8 Å². The summed E-state index contributed by atoms with van der Waals surface area (Å²) in [4.78, 5) is 12.9. The number of fused-ring (bicyclic) bond motifs is 1. The average molecular weight is 426 g/mol. The highest BCUT2D eigenvalue weighted by atomic mass is 16.7. The molecule has 1 fully saturated rings. The molecule has 1 heterocycles. The molecule has 5 unspecified atom stereocenters. The molecule has 6 N–H and O–H groups in total. The van der Waals surface area contributed by atoms with E-state index < -0.39 is 42.7 Å². The van der Waals surface area contributed by atoms with Crippen LogP contribution in [0.2, 0.25) is 0 Å². The molecule has 9 heteroatoms. The fourth-order valence-electron chi connectivity index (χ4n) is 4.38. The van der Waals surface area contributed by atoms with Gasteiger partial charge in [-0.05, 0) is 50.3 Å². The summed E-state index contributed by atoms with van der Waals surface area (Å²) in [7, 11) is 0. The molecule has 0 saturated carbocycles. The van der Waals surface area contributed by atoms with Crippen LogP contribution >= 0.6 is 0 Å². The van der Waals surface area contributed by atoms with E-state index in [1.54, 1.807) is 20.8 Å². The number of hydrogen-bond donors (Lipinski definition) is 6. The maximum absolute atomic E-state index is 12.9. The molecule has 1 aromatic rings. The smallest absolute Gasteiger partial charge is 0.186 e. The molecule has 0 amide bonds. The molecule has 30 heavy (non-hydrogen) atoms. The second-order valence-corrected chi connectivity index (χ2v) is 8.47. The highest BCUT2D eigenvalue weighted by molar-refractivity contribution is 6.07. The topological polar surface area (TPSA) is 157 Å². The van der Waals surface area contributed by atoms with Crippen molar-refractivity contribution in [1.82, 2.24) is 0 Å². The molecule has 1 aliphatic carbocycles. The number of phenols is 1. The number of aliphatic hydroxyl groups excluding tert-OH is 5. The fourth-order valence-corrected chi connectivity index (χ4v) is 4.38. The summed E-state index contributed by atoms with van der Waals surface area (Å²) in [5, 5.41) is 59.3. The maximum Gasteiger partial charge on any atom is 0.186 e. The first-order chi connectivity index (χ1) is 14.1. The molecule has 9 nitrogen and oxygen atoms in total. The monoisotopic (exact) mass is 426 g/mol.